The third kappa shape index (κ3) is 15.0. The van der Waals surface area contributed by atoms with E-state index in [4.69, 9.17) is 10.2 Å². The normalized spacial score (nSPS) is 9.14. The Morgan fingerprint density at radius 2 is 1.00 bits per heavy atom. The molecule has 0 aliphatic carbocycles. The van der Waals surface area contributed by atoms with Crippen molar-refractivity contribution >= 4 is 60.8 Å². The summed E-state index contributed by atoms with van der Waals surface area (Å²) < 4.78 is 0. The fourth-order valence-corrected chi connectivity index (χ4v) is 1.08. The predicted octanol–water partition coefficient (Wildman–Crippen LogP) is 1.51. The molecule has 0 aromatic heterocycles. The Balaban J connectivity index is 0. The van der Waals surface area contributed by atoms with Gasteiger partial charge >= 0.3 is 11.9 Å². The van der Waals surface area contributed by atoms with Crippen LogP contribution in [-0.4, -0.2) is 71.0 Å². The standard InChI is InChI=1S/C9H16O4.Ba/c10-8(11)6-4-2-1-3-5-7-9(12)13;/h1-7H2,(H,10,11)(H,12,13);. The van der Waals surface area contributed by atoms with E-state index in [-0.39, 0.29) is 61.7 Å². The minimum Gasteiger partial charge on any atom is -0.481 e. The molecular formula is C9H16BaO4. The number of unbranched alkanes of at least 4 members (excludes halogenated alkanes) is 4. The van der Waals surface area contributed by atoms with Crippen molar-refractivity contribution in [3.63, 3.8) is 0 Å². The average molecular weight is 326 g/mol. The second-order valence-corrected chi connectivity index (χ2v) is 3.06. The number of aliphatic carboxylic acids is 2. The first kappa shape index (κ1) is 16.9. The molecule has 4 nitrogen and oxygen atoms in total. The van der Waals surface area contributed by atoms with Gasteiger partial charge in [-0.15, -0.1) is 0 Å². The summed E-state index contributed by atoms with van der Waals surface area (Å²) in [6.07, 6.45) is 4.53. The molecule has 0 aromatic carbocycles. The van der Waals surface area contributed by atoms with Crippen LogP contribution in [0.1, 0.15) is 44.9 Å². The van der Waals surface area contributed by atoms with E-state index >= 15 is 0 Å². The predicted molar refractivity (Wildman–Crippen MR) is 53.3 cm³/mol. The molecule has 0 spiro atoms. The fraction of sp³-hybridized carbons (Fsp3) is 0.778. The Morgan fingerprint density at radius 1 is 0.714 bits per heavy atom. The largest absolute Gasteiger partial charge is 0.481 e. The zero-order valence-corrected chi connectivity index (χ0v) is 12.8. The number of carboxylic acids is 2. The molecule has 0 aliphatic heterocycles. The number of carboxylic acid groups (broad SMARTS) is 2. The topological polar surface area (TPSA) is 74.6 Å². The number of hydrogen-bond donors (Lipinski definition) is 2. The van der Waals surface area contributed by atoms with Gasteiger partial charge in [-0.1, -0.05) is 19.3 Å². The fourth-order valence-electron chi connectivity index (χ4n) is 1.08. The van der Waals surface area contributed by atoms with Crippen molar-refractivity contribution in [1.29, 1.82) is 0 Å². The minimum atomic E-state index is -0.759. The van der Waals surface area contributed by atoms with Gasteiger partial charge < -0.3 is 10.2 Å². The summed E-state index contributed by atoms with van der Waals surface area (Å²) in [5, 5.41) is 16.6. The zero-order chi connectivity index (χ0) is 10.1. The molecule has 0 aromatic rings. The SMILES string of the molecule is O=C(O)CCCCCCCC(=O)O.[Ba]. The Bertz CT molecular complexity index is 152. The molecular weight excluding hydrogens is 309 g/mol. The van der Waals surface area contributed by atoms with E-state index < -0.39 is 11.9 Å². The Hall–Kier alpha value is 0.511. The quantitative estimate of drug-likeness (QED) is 0.524. The number of hydrogen-bond acceptors (Lipinski definition) is 2. The van der Waals surface area contributed by atoms with Crippen molar-refractivity contribution in [2.45, 2.75) is 44.9 Å². The van der Waals surface area contributed by atoms with Gasteiger partial charge in [0.25, 0.3) is 0 Å². The van der Waals surface area contributed by atoms with Gasteiger partial charge in [0, 0.05) is 61.7 Å². The molecule has 5 heteroatoms. The van der Waals surface area contributed by atoms with Crippen LogP contribution in [0.4, 0.5) is 0 Å². The van der Waals surface area contributed by atoms with Gasteiger partial charge in [0.1, 0.15) is 0 Å². The molecule has 0 saturated carbocycles. The molecule has 0 saturated heterocycles. The molecule has 2 radical (unpaired) electrons. The molecule has 0 fully saturated rings. The van der Waals surface area contributed by atoms with Crippen LogP contribution < -0.4 is 0 Å². The monoisotopic (exact) mass is 326 g/mol. The van der Waals surface area contributed by atoms with Crippen LogP contribution in [0.5, 0.6) is 0 Å². The van der Waals surface area contributed by atoms with Crippen molar-refractivity contribution in [3.05, 3.63) is 0 Å². The number of rotatable bonds is 8. The average Bonchev–Trinajstić information content (AvgIpc) is 2.01. The third-order valence-corrected chi connectivity index (χ3v) is 1.78. The van der Waals surface area contributed by atoms with Gasteiger partial charge in [0.05, 0.1) is 0 Å². The molecule has 0 unspecified atom stereocenters. The van der Waals surface area contributed by atoms with Crippen LogP contribution in [0, 0.1) is 0 Å². The van der Waals surface area contributed by atoms with Gasteiger partial charge in [-0.3, -0.25) is 9.59 Å². The number of carbonyl (C=O) groups is 2. The molecule has 0 bridgehead atoms. The van der Waals surface area contributed by atoms with E-state index in [0.29, 0.717) is 12.8 Å². The summed E-state index contributed by atoms with van der Waals surface area (Å²) in [4.78, 5) is 20.2. The molecule has 78 valence electrons. The van der Waals surface area contributed by atoms with Crippen LogP contribution in [0.15, 0.2) is 0 Å². The molecule has 2 N–H and O–H groups in total. The maximum Gasteiger partial charge on any atom is 0.303 e. The molecule has 0 rings (SSSR count). The van der Waals surface area contributed by atoms with Crippen molar-refractivity contribution in [3.8, 4) is 0 Å². The van der Waals surface area contributed by atoms with E-state index in [1.807, 2.05) is 0 Å². The zero-order valence-electron chi connectivity index (χ0n) is 8.37. The van der Waals surface area contributed by atoms with Crippen molar-refractivity contribution < 1.29 is 19.8 Å². The maximum atomic E-state index is 10.1. The van der Waals surface area contributed by atoms with Crippen LogP contribution in [-0.2, 0) is 9.59 Å². The van der Waals surface area contributed by atoms with E-state index in [0.717, 1.165) is 19.3 Å². The minimum absolute atomic E-state index is 0. The first-order chi connectivity index (χ1) is 6.13. The van der Waals surface area contributed by atoms with Crippen LogP contribution in [0.25, 0.3) is 0 Å². The second kappa shape index (κ2) is 11.6. The summed E-state index contributed by atoms with van der Waals surface area (Å²) in [5.41, 5.74) is 0. The summed E-state index contributed by atoms with van der Waals surface area (Å²) in [7, 11) is 0. The first-order valence-electron chi connectivity index (χ1n) is 4.56. The van der Waals surface area contributed by atoms with Crippen molar-refractivity contribution in [2.24, 2.45) is 0 Å². The summed E-state index contributed by atoms with van der Waals surface area (Å²) in [5.74, 6) is -1.52. The molecule has 0 amide bonds. The van der Waals surface area contributed by atoms with Gasteiger partial charge in [-0.2, -0.15) is 0 Å². The molecule has 14 heavy (non-hydrogen) atoms. The summed E-state index contributed by atoms with van der Waals surface area (Å²) in [6.45, 7) is 0. The Labute approximate surface area is 124 Å². The van der Waals surface area contributed by atoms with Crippen molar-refractivity contribution in [1.82, 2.24) is 0 Å². The first-order valence-corrected chi connectivity index (χ1v) is 4.56. The summed E-state index contributed by atoms with van der Waals surface area (Å²) in [6, 6.07) is 0. The van der Waals surface area contributed by atoms with Crippen molar-refractivity contribution in [2.75, 3.05) is 0 Å². The van der Waals surface area contributed by atoms with Crippen LogP contribution in [0.2, 0.25) is 0 Å². The van der Waals surface area contributed by atoms with Gasteiger partial charge in [0.15, 0.2) is 0 Å². The van der Waals surface area contributed by atoms with E-state index in [9.17, 15) is 9.59 Å². The smallest absolute Gasteiger partial charge is 0.303 e. The van der Waals surface area contributed by atoms with Gasteiger partial charge in [0.2, 0.25) is 0 Å². The molecule has 0 atom stereocenters. The van der Waals surface area contributed by atoms with E-state index in [1.165, 1.54) is 0 Å². The maximum absolute atomic E-state index is 10.1. The van der Waals surface area contributed by atoms with E-state index in [2.05, 4.69) is 0 Å². The second-order valence-electron chi connectivity index (χ2n) is 3.06. The molecule has 0 heterocycles. The molecule has 0 aliphatic rings. The van der Waals surface area contributed by atoms with E-state index in [1.54, 1.807) is 0 Å². The Kier molecular flexibility index (Phi) is 14.0. The van der Waals surface area contributed by atoms with Gasteiger partial charge in [-0.25, -0.2) is 0 Å². The third-order valence-electron chi connectivity index (χ3n) is 1.78. The van der Waals surface area contributed by atoms with Crippen LogP contribution in [0.3, 0.4) is 0 Å². The van der Waals surface area contributed by atoms with Gasteiger partial charge in [-0.05, 0) is 12.8 Å². The summed E-state index contributed by atoms with van der Waals surface area (Å²) >= 11 is 0. The Morgan fingerprint density at radius 3 is 1.29 bits per heavy atom. The van der Waals surface area contributed by atoms with Crippen LogP contribution >= 0.6 is 0 Å².